The van der Waals surface area contributed by atoms with Crippen LogP contribution >= 0.6 is 11.3 Å². The first-order chi connectivity index (χ1) is 10.2. The number of benzene rings is 1. The topological polar surface area (TPSA) is 15.3 Å². The molecule has 0 spiro atoms. The van der Waals surface area contributed by atoms with Gasteiger partial charge in [-0.15, -0.1) is 11.3 Å². The van der Waals surface area contributed by atoms with Crippen LogP contribution in [0.4, 0.5) is 0 Å². The molecule has 1 heterocycles. The van der Waals surface area contributed by atoms with Crippen molar-refractivity contribution in [1.82, 2.24) is 10.2 Å². The van der Waals surface area contributed by atoms with E-state index in [4.69, 9.17) is 0 Å². The van der Waals surface area contributed by atoms with Gasteiger partial charge in [-0.2, -0.15) is 0 Å². The van der Waals surface area contributed by atoms with Crippen molar-refractivity contribution in [3.05, 3.63) is 57.8 Å². The van der Waals surface area contributed by atoms with Crippen LogP contribution in [-0.2, 0) is 6.54 Å². The van der Waals surface area contributed by atoms with E-state index in [1.807, 2.05) is 11.3 Å². The average Bonchev–Trinajstić information content (AvgIpc) is 3.01. The van der Waals surface area contributed by atoms with Crippen LogP contribution < -0.4 is 5.32 Å². The number of aryl methyl sites for hydroxylation is 1. The highest BCUT2D eigenvalue weighted by Crippen LogP contribution is 2.24. The number of hydrogen-bond donors (Lipinski definition) is 1. The summed E-state index contributed by atoms with van der Waals surface area (Å²) >= 11 is 1.86. The molecule has 0 aliphatic carbocycles. The molecule has 1 aromatic heterocycles. The first kappa shape index (κ1) is 16.2. The predicted octanol–water partition coefficient (Wildman–Crippen LogP) is 4.23. The minimum absolute atomic E-state index is 0.477. The molecule has 114 valence electrons. The molecule has 0 fully saturated rings. The second-order valence-corrected chi connectivity index (χ2v) is 6.35. The average molecular weight is 302 g/mol. The van der Waals surface area contributed by atoms with Crippen molar-refractivity contribution in [2.75, 3.05) is 19.6 Å². The lowest BCUT2D eigenvalue weighted by Gasteiger charge is -2.29. The smallest absolute Gasteiger partial charge is 0.0566 e. The summed E-state index contributed by atoms with van der Waals surface area (Å²) in [5.41, 5.74) is 2.69. The molecule has 0 bridgehead atoms. The van der Waals surface area contributed by atoms with Gasteiger partial charge in [-0.25, -0.2) is 0 Å². The third-order valence-electron chi connectivity index (χ3n) is 3.87. The highest BCUT2D eigenvalue weighted by Gasteiger charge is 2.18. The van der Waals surface area contributed by atoms with Gasteiger partial charge >= 0.3 is 0 Å². The van der Waals surface area contributed by atoms with Crippen molar-refractivity contribution in [1.29, 1.82) is 0 Å². The molecule has 0 saturated carbocycles. The number of nitrogens with zero attached hydrogens (tertiary/aromatic N) is 1. The molecule has 2 aromatic rings. The van der Waals surface area contributed by atoms with E-state index >= 15 is 0 Å². The molecule has 1 aromatic carbocycles. The van der Waals surface area contributed by atoms with Gasteiger partial charge in [0.25, 0.3) is 0 Å². The predicted molar refractivity (Wildman–Crippen MR) is 92.9 cm³/mol. The van der Waals surface area contributed by atoms with Crippen molar-refractivity contribution in [2.24, 2.45) is 0 Å². The van der Waals surface area contributed by atoms with Crippen molar-refractivity contribution < 1.29 is 0 Å². The third-order valence-corrected chi connectivity index (χ3v) is 4.85. The SMILES string of the molecule is CCN(CC)C(CNCc1cccc(C)c1)c1cccs1. The van der Waals surface area contributed by atoms with Gasteiger partial charge in [-0.3, -0.25) is 4.90 Å². The van der Waals surface area contributed by atoms with Crippen LogP contribution in [0, 0.1) is 6.92 Å². The van der Waals surface area contributed by atoms with Gasteiger partial charge in [0.15, 0.2) is 0 Å². The molecule has 21 heavy (non-hydrogen) atoms. The summed E-state index contributed by atoms with van der Waals surface area (Å²) in [4.78, 5) is 3.98. The molecule has 1 N–H and O–H groups in total. The van der Waals surface area contributed by atoms with E-state index in [0.29, 0.717) is 6.04 Å². The minimum atomic E-state index is 0.477. The molecular weight excluding hydrogens is 276 g/mol. The summed E-state index contributed by atoms with van der Waals surface area (Å²) in [6.45, 7) is 10.7. The van der Waals surface area contributed by atoms with Gasteiger partial charge in [0.05, 0.1) is 6.04 Å². The lowest BCUT2D eigenvalue weighted by atomic mass is 10.1. The van der Waals surface area contributed by atoms with E-state index in [9.17, 15) is 0 Å². The lowest BCUT2D eigenvalue weighted by molar-refractivity contribution is 0.216. The van der Waals surface area contributed by atoms with Gasteiger partial charge in [0.2, 0.25) is 0 Å². The fourth-order valence-corrected chi connectivity index (χ4v) is 3.59. The minimum Gasteiger partial charge on any atom is -0.311 e. The third kappa shape index (κ3) is 4.67. The Balaban J connectivity index is 1.96. The first-order valence-electron chi connectivity index (χ1n) is 7.78. The van der Waals surface area contributed by atoms with Crippen molar-refractivity contribution in [3.8, 4) is 0 Å². The Hall–Kier alpha value is -1.16. The van der Waals surface area contributed by atoms with E-state index in [0.717, 1.165) is 26.2 Å². The number of hydrogen-bond acceptors (Lipinski definition) is 3. The summed E-state index contributed by atoms with van der Waals surface area (Å²) < 4.78 is 0. The summed E-state index contributed by atoms with van der Waals surface area (Å²) in [5.74, 6) is 0. The van der Waals surface area contributed by atoms with E-state index in [1.165, 1.54) is 16.0 Å². The van der Waals surface area contributed by atoms with Gasteiger partial charge in [0, 0.05) is 18.0 Å². The zero-order chi connectivity index (χ0) is 15.1. The quantitative estimate of drug-likeness (QED) is 0.785. The van der Waals surface area contributed by atoms with Crippen LogP contribution in [0.25, 0.3) is 0 Å². The molecule has 2 rings (SSSR count). The van der Waals surface area contributed by atoms with Crippen LogP contribution in [-0.4, -0.2) is 24.5 Å². The van der Waals surface area contributed by atoms with Crippen molar-refractivity contribution in [3.63, 3.8) is 0 Å². The molecule has 0 aliphatic heterocycles. The summed E-state index contributed by atoms with van der Waals surface area (Å²) in [6, 6.07) is 13.6. The second kappa shape index (κ2) is 8.32. The maximum Gasteiger partial charge on any atom is 0.0566 e. The van der Waals surface area contributed by atoms with Gasteiger partial charge in [0.1, 0.15) is 0 Å². The van der Waals surface area contributed by atoms with E-state index < -0.39 is 0 Å². The van der Waals surface area contributed by atoms with E-state index in [1.54, 1.807) is 0 Å². The van der Waals surface area contributed by atoms with E-state index in [-0.39, 0.29) is 0 Å². The Morgan fingerprint density at radius 3 is 2.57 bits per heavy atom. The van der Waals surface area contributed by atoms with Crippen LogP contribution in [0.3, 0.4) is 0 Å². The fraction of sp³-hybridized carbons (Fsp3) is 0.444. The first-order valence-corrected chi connectivity index (χ1v) is 8.66. The summed E-state index contributed by atoms with van der Waals surface area (Å²) in [5, 5.41) is 5.80. The zero-order valence-electron chi connectivity index (χ0n) is 13.3. The van der Waals surface area contributed by atoms with Gasteiger partial charge in [-0.1, -0.05) is 49.7 Å². The van der Waals surface area contributed by atoms with E-state index in [2.05, 4.69) is 72.8 Å². The molecule has 1 atom stereocenters. The van der Waals surface area contributed by atoms with Crippen molar-refractivity contribution in [2.45, 2.75) is 33.4 Å². The number of rotatable bonds is 8. The molecule has 0 amide bonds. The maximum atomic E-state index is 3.63. The molecule has 0 saturated heterocycles. The Morgan fingerprint density at radius 2 is 1.95 bits per heavy atom. The Bertz CT molecular complexity index is 518. The van der Waals surface area contributed by atoms with Crippen molar-refractivity contribution >= 4 is 11.3 Å². The molecule has 0 aliphatic rings. The number of nitrogens with one attached hydrogen (secondary N) is 1. The van der Waals surface area contributed by atoms with Crippen LogP contribution in [0.2, 0.25) is 0 Å². The highest BCUT2D eigenvalue weighted by atomic mass is 32.1. The Kier molecular flexibility index (Phi) is 6.43. The molecule has 3 heteroatoms. The number of thiophene rings is 1. The highest BCUT2D eigenvalue weighted by molar-refractivity contribution is 7.10. The molecule has 0 radical (unpaired) electrons. The molecular formula is C18H26N2S. The lowest BCUT2D eigenvalue weighted by Crippen LogP contribution is -2.35. The maximum absolute atomic E-state index is 3.63. The summed E-state index contributed by atoms with van der Waals surface area (Å²) in [6.07, 6.45) is 0. The second-order valence-electron chi connectivity index (χ2n) is 5.37. The number of likely N-dealkylation sites (N-methyl/N-ethyl adjacent to an activating group) is 1. The molecule has 2 nitrogen and oxygen atoms in total. The standard InChI is InChI=1S/C18H26N2S/c1-4-20(5-2)17(18-10-7-11-21-18)14-19-13-16-9-6-8-15(3)12-16/h6-12,17,19H,4-5,13-14H2,1-3H3. The van der Waals surface area contributed by atoms with Crippen LogP contribution in [0.15, 0.2) is 41.8 Å². The molecule has 1 unspecified atom stereocenters. The van der Waals surface area contributed by atoms with Crippen LogP contribution in [0.1, 0.15) is 35.9 Å². The van der Waals surface area contributed by atoms with Gasteiger partial charge < -0.3 is 5.32 Å². The normalized spacial score (nSPS) is 12.8. The largest absolute Gasteiger partial charge is 0.311 e. The summed E-state index contributed by atoms with van der Waals surface area (Å²) in [7, 11) is 0. The Morgan fingerprint density at radius 1 is 1.14 bits per heavy atom. The monoisotopic (exact) mass is 302 g/mol. The Labute approximate surface area is 132 Å². The van der Waals surface area contributed by atoms with Gasteiger partial charge in [-0.05, 0) is 37.0 Å². The van der Waals surface area contributed by atoms with Crippen LogP contribution in [0.5, 0.6) is 0 Å². The fourth-order valence-electron chi connectivity index (χ4n) is 2.73. The zero-order valence-corrected chi connectivity index (χ0v) is 14.1.